The highest BCUT2D eigenvalue weighted by atomic mass is 32.1. The van der Waals surface area contributed by atoms with Crippen molar-refractivity contribution in [3.63, 3.8) is 0 Å². The third-order valence-corrected chi connectivity index (χ3v) is 7.78. The van der Waals surface area contributed by atoms with Crippen LogP contribution in [-0.4, -0.2) is 31.9 Å². The number of nitrogens with one attached hydrogen (secondary N) is 3. The van der Waals surface area contributed by atoms with E-state index in [0.717, 1.165) is 59.6 Å². The summed E-state index contributed by atoms with van der Waals surface area (Å²) in [4.78, 5) is 33.6. The van der Waals surface area contributed by atoms with E-state index in [1.165, 1.54) is 11.3 Å². The fourth-order valence-corrected chi connectivity index (χ4v) is 5.46. The number of H-pyrrole nitrogens is 2. The molecule has 2 aromatic carbocycles. The monoisotopic (exact) mass is 519 g/mol. The largest absolute Gasteiger partial charge is 0.353 e. The molecule has 3 N–H and O–H groups in total. The van der Waals surface area contributed by atoms with Crippen molar-refractivity contribution in [3.8, 4) is 33.0 Å². The Balaban J connectivity index is 1.40. The summed E-state index contributed by atoms with van der Waals surface area (Å²) in [5.41, 5.74) is 7.25. The minimum Gasteiger partial charge on any atom is -0.353 e. The molecule has 0 aliphatic carbocycles. The van der Waals surface area contributed by atoms with Gasteiger partial charge >= 0.3 is 0 Å². The van der Waals surface area contributed by atoms with E-state index in [1.807, 2.05) is 56.3 Å². The average molecular weight is 520 g/mol. The molecule has 4 heterocycles. The number of carbonyl (C=O) groups is 2. The van der Waals surface area contributed by atoms with Crippen LogP contribution in [0.1, 0.15) is 30.4 Å². The minimum atomic E-state index is -0.115. The molecule has 0 atom stereocenters. The average Bonchev–Trinajstić information content (AvgIpc) is 3.66. The van der Waals surface area contributed by atoms with E-state index < -0.39 is 0 Å². The number of hydrogen-bond donors (Lipinski definition) is 3. The molecule has 1 amide bonds. The molecule has 0 bridgehead atoms. The van der Waals surface area contributed by atoms with Gasteiger partial charge in [0.15, 0.2) is 5.78 Å². The first-order valence-electron chi connectivity index (χ1n) is 12.3. The maximum absolute atomic E-state index is 12.2. The molecule has 0 aliphatic rings. The number of aromatic amines is 2. The van der Waals surface area contributed by atoms with Crippen LogP contribution in [0.5, 0.6) is 0 Å². The molecular formula is C30H25N5O2S. The molecule has 0 saturated heterocycles. The topological polar surface area (TPSA) is 104 Å². The lowest BCUT2D eigenvalue weighted by atomic mass is 10.0. The Hall–Kier alpha value is -4.56. The molecule has 188 valence electrons. The quantitative estimate of drug-likeness (QED) is 0.201. The van der Waals surface area contributed by atoms with Gasteiger partial charge in [0, 0.05) is 44.4 Å². The summed E-state index contributed by atoms with van der Waals surface area (Å²) >= 11 is 1.51. The van der Waals surface area contributed by atoms with Gasteiger partial charge in [0.05, 0.1) is 28.0 Å². The van der Waals surface area contributed by atoms with Crippen LogP contribution in [0.3, 0.4) is 0 Å². The number of pyridine rings is 1. The van der Waals surface area contributed by atoms with Crippen molar-refractivity contribution in [3.05, 3.63) is 77.9 Å². The Morgan fingerprint density at radius 1 is 0.921 bits per heavy atom. The standard InChI is InChI=1S/C30H25N5O2S/c1-16(2)30(37)32-20-11-19(14-31-15-20)18-7-8-25-23(12-18)29(35-34-25)26-13-22-21(5-4-6-24(22)33-26)28-10-9-27(38-28)17(3)36/h4-16,33H,1-3H3,(H,32,37)(H,34,35). The number of ketones is 1. The second-order valence-corrected chi connectivity index (χ2v) is 10.7. The molecule has 38 heavy (non-hydrogen) atoms. The number of benzene rings is 2. The zero-order valence-electron chi connectivity index (χ0n) is 21.1. The van der Waals surface area contributed by atoms with Gasteiger partial charge in [-0.1, -0.05) is 32.0 Å². The number of nitrogens with zero attached hydrogens (tertiary/aromatic N) is 2. The first-order valence-corrected chi connectivity index (χ1v) is 13.2. The van der Waals surface area contributed by atoms with Gasteiger partial charge in [0.2, 0.25) is 5.91 Å². The summed E-state index contributed by atoms with van der Waals surface area (Å²) in [5.74, 6) is -0.0869. The Morgan fingerprint density at radius 2 is 1.79 bits per heavy atom. The molecule has 0 radical (unpaired) electrons. The normalized spacial score (nSPS) is 11.5. The SMILES string of the molecule is CC(=O)c1ccc(-c2cccc3[nH]c(-c4n[nH]c5ccc(-c6cncc(NC(=O)C(C)C)c6)cc45)cc23)s1. The Bertz CT molecular complexity index is 1840. The zero-order chi connectivity index (χ0) is 26.4. The zero-order valence-corrected chi connectivity index (χ0v) is 21.9. The number of rotatable bonds is 6. The molecule has 7 nitrogen and oxygen atoms in total. The molecule has 0 saturated carbocycles. The van der Waals surface area contributed by atoms with Gasteiger partial charge in [-0.2, -0.15) is 5.10 Å². The van der Waals surface area contributed by atoms with E-state index in [4.69, 9.17) is 0 Å². The van der Waals surface area contributed by atoms with E-state index in [-0.39, 0.29) is 17.6 Å². The highest BCUT2D eigenvalue weighted by molar-refractivity contribution is 7.17. The number of carbonyl (C=O) groups excluding carboxylic acids is 2. The van der Waals surface area contributed by atoms with Gasteiger partial charge < -0.3 is 10.3 Å². The van der Waals surface area contributed by atoms with Crippen LogP contribution in [0.25, 0.3) is 54.8 Å². The lowest BCUT2D eigenvalue weighted by molar-refractivity contribution is -0.118. The van der Waals surface area contributed by atoms with Crippen molar-refractivity contribution in [2.24, 2.45) is 5.92 Å². The molecular weight excluding hydrogens is 494 g/mol. The second-order valence-electron chi connectivity index (χ2n) is 9.61. The van der Waals surface area contributed by atoms with Crippen LogP contribution < -0.4 is 5.32 Å². The van der Waals surface area contributed by atoms with E-state index in [1.54, 1.807) is 19.3 Å². The molecule has 8 heteroatoms. The minimum absolute atomic E-state index is 0.0465. The fraction of sp³-hybridized carbons (Fsp3) is 0.133. The summed E-state index contributed by atoms with van der Waals surface area (Å²) in [6, 6.07) is 20.2. The van der Waals surface area contributed by atoms with Crippen LogP contribution in [0.2, 0.25) is 0 Å². The van der Waals surface area contributed by atoms with Crippen LogP contribution in [0, 0.1) is 5.92 Å². The van der Waals surface area contributed by atoms with Crippen LogP contribution >= 0.6 is 11.3 Å². The first-order chi connectivity index (χ1) is 18.4. The lowest BCUT2D eigenvalue weighted by Crippen LogP contribution is -2.17. The first kappa shape index (κ1) is 23.8. The molecule has 0 fully saturated rings. The summed E-state index contributed by atoms with van der Waals surface area (Å²) in [5, 5.41) is 12.7. The van der Waals surface area contributed by atoms with Crippen LogP contribution in [-0.2, 0) is 4.79 Å². The summed E-state index contributed by atoms with van der Waals surface area (Å²) in [7, 11) is 0. The number of aromatic nitrogens is 4. The van der Waals surface area contributed by atoms with Crippen LogP contribution in [0.15, 0.2) is 73.1 Å². The van der Waals surface area contributed by atoms with Gasteiger partial charge in [-0.25, -0.2) is 0 Å². The predicted octanol–water partition coefficient (Wildman–Crippen LogP) is 7.30. The molecule has 6 rings (SSSR count). The van der Waals surface area contributed by atoms with Gasteiger partial charge in [-0.15, -0.1) is 11.3 Å². The Kier molecular flexibility index (Phi) is 5.88. The number of hydrogen-bond acceptors (Lipinski definition) is 5. The molecule has 4 aromatic heterocycles. The second kappa shape index (κ2) is 9.39. The maximum Gasteiger partial charge on any atom is 0.226 e. The highest BCUT2D eigenvalue weighted by Gasteiger charge is 2.16. The number of Topliss-reactive ketones (excluding diaryl/α,β-unsaturated/α-hetero) is 1. The number of anilines is 1. The van der Waals surface area contributed by atoms with Gasteiger partial charge in [-0.3, -0.25) is 19.7 Å². The van der Waals surface area contributed by atoms with Crippen molar-refractivity contribution in [2.75, 3.05) is 5.32 Å². The smallest absolute Gasteiger partial charge is 0.226 e. The molecule has 6 aromatic rings. The van der Waals surface area contributed by atoms with E-state index in [9.17, 15) is 9.59 Å². The van der Waals surface area contributed by atoms with Crippen molar-refractivity contribution in [1.82, 2.24) is 20.2 Å². The number of amides is 1. The van der Waals surface area contributed by atoms with E-state index in [0.29, 0.717) is 5.69 Å². The Labute approximate surface area is 222 Å². The van der Waals surface area contributed by atoms with E-state index >= 15 is 0 Å². The van der Waals surface area contributed by atoms with Crippen molar-refractivity contribution >= 4 is 50.5 Å². The third-order valence-electron chi connectivity index (χ3n) is 6.56. The summed E-state index contributed by atoms with van der Waals surface area (Å²) < 4.78 is 0. The van der Waals surface area contributed by atoms with E-state index in [2.05, 4.69) is 43.7 Å². The van der Waals surface area contributed by atoms with Crippen LogP contribution in [0.4, 0.5) is 5.69 Å². The molecule has 0 spiro atoms. The highest BCUT2D eigenvalue weighted by Crippen LogP contribution is 2.37. The predicted molar refractivity (Wildman–Crippen MR) is 153 cm³/mol. The summed E-state index contributed by atoms with van der Waals surface area (Å²) in [6.45, 7) is 5.31. The Morgan fingerprint density at radius 3 is 2.58 bits per heavy atom. The number of fused-ring (bicyclic) bond motifs is 2. The third kappa shape index (κ3) is 4.29. The number of thiophene rings is 1. The molecule has 0 aliphatic heterocycles. The van der Waals surface area contributed by atoms with Crippen molar-refractivity contribution in [1.29, 1.82) is 0 Å². The molecule has 0 unspecified atom stereocenters. The van der Waals surface area contributed by atoms with Crippen molar-refractivity contribution in [2.45, 2.75) is 20.8 Å². The van der Waals surface area contributed by atoms with Gasteiger partial charge in [0.1, 0.15) is 5.69 Å². The van der Waals surface area contributed by atoms with Gasteiger partial charge in [-0.05, 0) is 55.0 Å². The van der Waals surface area contributed by atoms with Crippen molar-refractivity contribution < 1.29 is 9.59 Å². The lowest BCUT2D eigenvalue weighted by Gasteiger charge is -2.09. The summed E-state index contributed by atoms with van der Waals surface area (Å²) in [6.07, 6.45) is 3.44. The van der Waals surface area contributed by atoms with Gasteiger partial charge in [0.25, 0.3) is 0 Å². The maximum atomic E-state index is 12.2. The fourth-order valence-electron chi connectivity index (χ4n) is 4.52.